The van der Waals surface area contributed by atoms with Crippen molar-refractivity contribution in [1.29, 1.82) is 0 Å². The number of halogens is 3. The van der Waals surface area contributed by atoms with E-state index in [0.29, 0.717) is 36.1 Å². The van der Waals surface area contributed by atoms with Crippen molar-refractivity contribution in [1.82, 2.24) is 14.6 Å². The van der Waals surface area contributed by atoms with E-state index in [1.165, 1.54) is 12.1 Å². The molecule has 1 atom stereocenters. The molecule has 1 amide bonds. The molecule has 3 fully saturated rings. The van der Waals surface area contributed by atoms with Gasteiger partial charge in [0.05, 0.1) is 16.9 Å². The summed E-state index contributed by atoms with van der Waals surface area (Å²) in [7, 11) is -1.51. The number of carbonyl (C=O) groups is 1. The van der Waals surface area contributed by atoms with Gasteiger partial charge < -0.3 is 9.47 Å². The first-order valence-electron chi connectivity index (χ1n) is 13.5. The molecule has 1 aromatic carbocycles. The molecule has 0 spiro atoms. The Balaban J connectivity index is 1.17. The van der Waals surface area contributed by atoms with Gasteiger partial charge in [0.25, 0.3) is 5.91 Å². The predicted octanol–water partition coefficient (Wildman–Crippen LogP) is 5.48. The number of nitrogens with one attached hydrogen (secondary N) is 1. The van der Waals surface area contributed by atoms with Gasteiger partial charge in [0.2, 0.25) is 5.88 Å². The first kappa shape index (κ1) is 28.2. The highest BCUT2D eigenvalue weighted by Crippen LogP contribution is 2.45. The maximum atomic E-state index is 15.7. The largest absolute Gasteiger partial charge is 0.490 e. The highest BCUT2D eigenvalue weighted by Gasteiger charge is 2.37. The molecule has 1 aromatic heterocycles. The van der Waals surface area contributed by atoms with Crippen molar-refractivity contribution < 1.29 is 27.3 Å². The van der Waals surface area contributed by atoms with Crippen molar-refractivity contribution >= 4 is 28.5 Å². The minimum Gasteiger partial charge on any atom is -0.490 e. The highest BCUT2D eigenvalue weighted by molar-refractivity contribution is 7.84. The first-order valence-corrected chi connectivity index (χ1v) is 15.1. The van der Waals surface area contributed by atoms with E-state index < -0.39 is 28.4 Å². The summed E-state index contributed by atoms with van der Waals surface area (Å²) < 4.78 is 56.5. The van der Waals surface area contributed by atoms with Gasteiger partial charge in [0, 0.05) is 31.9 Å². The molecule has 11 heteroatoms. The molecule has 1 aliphatic heterocycles. The van der Waals surface area contributed by atoms with Gasteiger partial charge >= 0.3 is 0 Å². The molecule has 0 radical (unpaired) electrons. The number of alkyl halides is 1. The topological polar surface area (TPSA) is 80.8 Å². The van der Waals surface area contributed by atoms with Crippen LogP contribution in [0.1, 0.15) is 79.8 Å². The fourth-order valence-electron chi connectivity index (χ4n) is 4.68. The summed E-state index contributed by atoms with van der Waals surface area (Å²) in [6, 6.07) is 4.48. The van der Waals surface area contributed by atoms with Gasteiger partial charge in [0.1, 0.15) is 39.9 Å². The van der Waals surface area contributed by atoms with E-state index in [4.69, 9.17) is 21.1 Å². The number of ether oxygens (including phenoxy) is 2. The summed E-state index contributed by atoms with van der Waals surface area (Å²) in [6.45, 7) is 5.28. The van der Waals surface area contributed by atoms with Crippen LogP contribution in [-0.4, -0.2) is 56.7 Å². The molecular formula is C28H34ClF2N3O4S. The molecule has 1 unspecified atom stereocenters. The number of pyridine rings is 1. The van der Waals surface area contributed by atoms with Crippen LogP contribution in [0.2, 0.25) is 5.02 Å². The standard InChI is InChI=1S/C28H34ClF2N3O4S/c1-17(2)38-27-23(29)11-18(14-32-27)15-34-9-7-28(31,8-10-34)16-37-25-13-24(30)22(12-21(25)19-3-4-19)26(35)33-39(36)20-5-6-20/h11-14,17,19-20H,3-10,15-16H2,1-2H3,(H,33,35). The summed E-state index contributed by atoms with van der Waals surface area (Å²) >= 11 is 6.31. The Kier molecular flexibility index (Phi) is 8.45. The summed E-state index contributed by atoms with van der Waals surface area (Å²) in [5, 5.41) is 0.402. The van der Waals surface area contributed by atoms with E-state index in [9.17, 15) is 13.4 Å². The molecule has 39 heavy (non-hydrogen) atoms. The minimum absolute atomic E-state index is 0.0269. The van der Waals surface area contributed by atoms with Gasteiger partial charge in [-0.3, -0.25) is 14.4 Å². The van der Waals surface area contributed by atoms with Crippen molar-refractivity contribution in [2.75, 3.05) is 19.7 Å². The van der Waals surface area contributed by atoms with Crippen molar-refractivity contribution in [3.8, 4) is 11.6 Å². The molecule has 2 saturated carbocycles. The Hall–Kier alpha value is -2.30. The van der Waals surface area contributed by atoms with Crippen LogP contribution in [0.25, 0.3) is 0 Å². The van der Waals surface area contributed by atoms with E-state index >= 15 is 4.39 Å². The van der Waals surface area contributed by atoms with E-state index in [0.717, 1.165) is 31.2 Å². The molecule has 2 aliphatic carbocycles. The number of nitrogens with zero attached hydrogens (tertiary/aromatic N) is 2. The van der Waals surface area contributed by atoms with Crippen molar-refractivity contribution in [2.24, 2.45) is 0 Å². The lowest BCUT2D eigenvalue weighted by atomic mass is 9.94. The monoisotopic (exact) mass is 581 g/mol. The average molecular weight is 582 g/mol. The molecule has 1 saturated heterocycles. The smallest absolute Gasteiger partial charge is 0.265 e. The van der Waals surface area contributed by atoms with Crippen LogP contribution in [0.5, 0.6) is 11.6 Å². The Bertz CT molecular complexity index is 1250. The Morgan fingerprint density at radius 3 is 2.56 bits per heavy atom. The maximum absolute atomic E-state index is 15.7. The fourth-order valence-corrected chi connectivity index (χ4v) is 5.94. The van der Waals surface area contributed by atoms with Crippen LogP contribution in [0, 0.1) is 5.82 Å². The van der Waals surface area contributed by atoms with Crippen LogP contribution in [0.4, 0.5) is 8.78 Å². The molecule has 212 valence electrons. The second-order valence-electron chi connectivity index (χ2n) is 11.1. The lowest BCUT2D eigenvalue weighted by Gasteiger charge is -2.36. The second-order valence-corrected chi connectivity index (χ2v) is 13.0. The van der Waals surface area contributed by atoms with Crippen LogP contribution in [-0.2, 0) is 17.5 Å². The zero-order valence-electron chi connectivity index (χ0n) is 22.2. The molecular weight excluding hydrogens is 548 g/mol. The summed E-state index contributed by atoms with van der Waals surface area (Å²) in [6.07, 6.45) is 5.64. The SMILES string of the molecule is CC(C)Oc1ncc(CN2CCC(F)(COc3cc(F)c(C(=O)NS(=O)C4CC4)cc3C3CC3)CC2)cc1Cl. The average Bonchev–Trinajstić information content (AvgIpc) is 3.79. The number of rotatable bonds is 11. The summed E-state index contributed by atoms with van der Waals surface area (Å²) in [4.78, 5) is 19.0. The van der Waals surface area contributed by atoms with Crippen molar-refractivity contribution in [2.45, 2.75) is 81.9 Å². The van der Waals surface area contributed by atoms with Crippen molar-refractivity contribution in [3.05, 3.63) is 51.9 Å². The fraction of sp³-hybridized carbons (Fsp3) is 0.571. The van der Waals surface area contributed by atoms with Crippen LogP contribution in [0.3, 0.4) is 0 Å². The quantitative estimate of drug-likeness (QED) is 0.379. The number of hydrogen-bond acceptors (Lipinski definition) is 6. The van der Waals surface area contributed by atoms with E-state index in [1.54, 1.807) is 6.20 Å². The van der Waals surface area contributed by atoms with E-state index in [-0.39, 0.29) is 48.0 Å². The number of likely N-dealkylation sites (tertiary alicyclic amines) is 1. The van der Waals surface area contributed by atoms with Gasteiger partial charge in [-0.15, -0.1) is 0 Å². The lowest BCUT2D eigenvalue weighted by Crippen LogP contribution is -2.44. The third-order valence-corrected chi connectivity index (χ3v) is 8.97. The zero-order valence-corrected chi connectivity index (χ0v) is 23.8. The van der Waals surface area contributed by atoms with Gasteiger partial charge in [-0.05, 0) is 81.5 Å². The van der Waals surface area contributed by atoms with Crippen LogP contribution < -0.4 is 14.2 Å². The molecule has 2 aromatic rings. The normalized spacial score (nSPS) is 20.1. The van der Waals surface area contributed by atoms with Crippen LogP contribution >= 0.6 is 11.6 Å². The highest BCUT2D eigenvalue weighted by atomic mass is 35.5. The summed E-state index contributed by atoms with van der Waals surface area (Å²) in [5.41, 5.74) is -0.0714. The second kappa shape index (κ2) is 11.7. The third kappa shape index (κ3) is 7.27. The number of aromatic nitrogens is 1. The van der Waals surface area contributed by atoms with E-state index in [1.807, 2.05) is 19.9 Å². The third-order valence-electron chi connectivity index (χ3n) is 7.24. The molecule has 3 aliphatic rings. The number of amides is 1. The van der Waals surface area contributed by atoms with Crippen LogP contribution in [0.15, 0.2) is 24.4 Å². The lowest BCUT2D eigenvalue weighted by molar-refractivity contribution is 0.0148. The maximum Gasteiger partial charge on any atom is 0.265 e. The molecule has 2 heterocycles. The number of piperidine rings is 1. The molecule has 1 N–H and O–H groups in total. The molecule has 5 rings (SSSR count). The van der Waals surface area contributed by atoms with Gasteiger partial charge in [-0.25, -0.2) is 18.0 Å². The molecule has 7 nitrogen and oxygen atoms in total. The van der Waals surface area contributed by atoms with Gasteiger partial charge in [-0.2, -0.15) is 0 Å². The first-order chi connectivity index (χ1) is 18.6. The van der Waals surface area contributed by atoms with Gasteiger partial charge in [0.15, 0.2) is 0 Å². The number of benzene rings is 1. The number of hydrogen-bond donors (Lipinski definition) is 1. The predicted molar refractivity (Wildman–Crippen MR) is 146 cm³/mol. The molecule has 0 bridgehead atoms. The Morgan fingerprint density at radius 1 is 1.23 bits per heavy atom. The zero-order chi connectivity index (χ0) is 27.7. The van der Waals surface area contributed by atoms with Gasteiger partial charge in [-0.1, -0.05) is 11.6 Å². The number of carbonyl (C=O) groups excluding carboxylic acids is 1. The Morgan fingerprint density at radius 2 is 1.95 bits per heavy atom. The summed E-state index contributed by atoms with van der Waals surface area (Å²) in [5.74, 6) is -0.633. The van der Waals surface area contributed by atoms with Crippen molar-refractivity contribution in [3.63, 3.8) is 0 Å². The Labute approximate surface area is 235 Å². The minimum atomic E-state index is -1.55. The van der Waals surface area contributed by atoms with E-state index in [2.05, 4.69) is 14.6 Å².